The molecule has 2 nitrogen and oxygen atoms in total. The molecule has 0 radical (unpaired) electrons. The van der Waals surface area contributed by atoms with Crippen molar-refractivity contribution < 1.29 is 0 Å². The molecule has 2 aromatic rings. The second kappa shape index (κ2) is 6.27. The number of nitrogens with zero attached hydrogens (tertiary/aromatic N) is 2. The van der Waals surface area contributed by atoms with Crippen LogP contribution in [-0.4, -0.2) is 18.8 Å². The van der Waals surface area contributed by atoms with Crippen molar-refractivity contribution in [2.75, 3.05) is 11.9 Å². The molecule has 1 heterocycles. The van der Waals surface area contributed by atoms with E-state index >= 15 is 0 Å². The molecule has 0 atom stereocenters. The second-order valence-corrected chi connectivity index (χ2v) is 7.51. The molecule has 0 fully saturated rings. The summed E-state index contributed by atoms with van der Waals surface area (Å²) < 4.78 is 0. The van der Waals surface area contributed by atoms with Gasteiger partial charge in [-0.25, -0.2) is 0 Å². The summed E-state index contributed by atoms with van der Waals surface area (Å²) in [5.41, 5.74) is 5.53. The highest BCUT2D eigenvalue weighted by molar-refractivity contribution is 6.36. The minimum absolute atomic E-state index is 0.0174. The number of benzene rings is 2. The van der Waals surface area contributed by atoms with E-state index in [0.29, 0.717) is 15.7 Å². The average Bonchev–Trinajstić information content (AvgIpc) is 2.51. The minimum atomic E-state index is 0.0174. The molecule has 0 unspecified atom stereocenters. The fourth-order valence-corrected chi connectivity index (χ4v) is 3.44. The van der Waals surface area contributed by atoms with Gasteiger partial charge in [0, 0.05) is 29.5 Å². The van der Waals surface area contributed by atoms with E-state index in [4.69, 9.17) is 23.2 Å². The summed E-state index contributed by atoms with van der Waals surface area (Å²) in [5.74, 6) is 0. The van der Waals surface area contributed by atoms with Gasteiger partial charge in [0.15, 0.2) is 0 Å². The van der Waals surface area contributed by atoms with Gasteiger partial charge in [-0.15, -0.1) is 0 Å². The first-order chi connectivity index (χ1) is 11.3. The summed E-state index contributed by atoms with van der Waals surface area (Å²) in [6, 6.07) is 11.7. The fourth-order valence-electron chi connectivity index (χ4n) is 2.99. The number of rotatable bonds is 2. The van der Waals surface area contributed by atoms with E-state index in [2.05, 4.69) is 62.0 Å². The van der Waals surface area contributed by atoms with E-state index < -0.39 is 0 Å². The summed E-state index contributed by atoms with van der Waals surface area (Å²) in [6.45, 7) is 6.60. The molecule has 24 heavy (non-hydrogen) atoms. The lowest BCUT2D eigenvalue weighted by molar-refractivity contribution is 0.598. The maximum absolute atomic E-state index is 6.17. The molecule has 0 saturated carbocycles. The quantitative estimate of drug-likeness (QED) is 0.569. The van der Waals surface area contributed by atoms with Crippen LogP contribution in [0.3, 0.4) is 0 Å². The lowest BCUT2D eigenvalue weighted by atomic mass is 9.89. The first kappa shape index (κ1) is 17.1. The number of fused-ring (bicyclic) bond motifs is 1. The molecule has 2 aromatic carbocycles. The van der Waals surface area contributed by atoms with Crippen molar-refractivity contribution in [3.63, 3.8) is 0 Å². The first-order valence-electron chi connectivity index (χ1n) is 7.85. The molecule has 124 valence electrons. The Morgan fingerprint density at radius 1 is 1.08 bits per heavy atom. The Morgan fingerprint density at radius 2 is 1.83 bits per heavy atom. The SMILES string of the molecule is CC1=CC(C)(C)N(C)c2ccc(C=Nc3ccc(Cl)cc3Cl)cc21. The van der Waals surface area contributed by atoms with E-state index in [1.54, 1.807) is 12.1 Å². The molecule has 0 aliphatic carbocycles. The predicted octanol–water partition coefficient (Wildman–Crippen LogP) is 6.38. The minimum Gasteiger partial charge on any atom is -0.366 e. The Hall–Kier alpha value is -1.77. The van der Waals surface area contributed by atoms with Crippen LogP contribution < -0.4 is 4.90 Å². The number of anilines is 1. The summed E-state index contributed by atoms with van der Waals surface area (Å²) in [7, 11) is 2.13. The second-order valence-electron chi connectivity index (χ2n) is 6.67. The van der Waals surface area contributed by atoms with E-state index in [1.165, 1.54) is 16.8 Å². The summed E-state index contributed by atoms with van der Waals surface area (Å²) in [6.07, 6.45) is 4.13. The maximum Gasteiger partial charge on any atom is 0.0817 e. The summed E-state index contributed by atoms with van der Waals surface area (Å²) in [5, 5.41) is 1.16. The lowest BCUT2D eigenvalue weighted by Crippen LogP contribution is -2.42. The Bertz CT molecular complexity index is 851. The molecule has 0 amide bonds. The molecule has 0 aromatic heterocycles. The summed E-state index contributed by atoms with van der Waals surface area (Å²) in [4.78, 5) is 6.79. The van der Waals surface area contributed by atoms with E-state index in [0.717, 1.165) is 5.56 Å². The largest absolute Gasteiger partial charge is 0.366 e. The van der Waals surface area contributed by atoms with Gasteiger partial charge in [-0.3, -0.25) is 4.99 Å². The molecular formula is C20H20Cl2N2. The van der Waals surface area contributed by atoms with Crippen LogP contribution in [-0.2, 0) is 0 Å². The predicted molar refractivity (Wildman–Crippen MR) is 106 cm³/mol. The van der Waals surface area contributed by atoms with Gasteiger partial charge in [0.05, 0.1) is 16.2 Å². The number of likely N-dealkylation sites (N-methyl/N-ethyl adjacent to an activating group) is 1. The van der Waals surface area contributed by atoms with Crippen LogP contribution >= 0.6 is 23.2 Å². The zero-order valence-electron chi connectivity index (χ0n) is 14.3. The third-order valence-corrected chi connectivity index (χ3v) is 5.04. The van der Waals surface area contributed by atoms with Crippen molar-refractivity contribution in [3.05, 3.63) is 63.6 Å². The third-order valence-electron chi connectivity index (χ3n) is 4.50. The lowest BCUT2D eigenvalue weighted by Gasteiger charge is -2.40. The fraction of sp³-hybridized carbons (Fsp3) is 0.250. The normalized spacial score (nSPS) is 16.2. The van der Waals surface area contributed by atoms with Crippen LogP contribution in [0.2, 0.25) is 10.0 Å². The number of halogens is 2. The molecule has 4 heteroatoms. The Kier molecular flexibility index (Phi) is 4.46. The standard InChI is InChI=1S/C20H20Cl2N2/c1-13-11-20(2,3)24(4)19-8-5-14(9-16(13)19)12-23-18-7-6-15(21)10-17(18)22/h5-12H,1-4H3. The van der Waals surface area contributed by atoms with Gasteiger partial charge >= 0.3 is 0 Å². The molecular weight excluding hydrogens is 339 g/mol. The Labute approximate surface area is 153 Å². The molecule has 0 saturated heterocycles. The Morgan fingerprint density at radius 3 is 2.54 bits per heavy atom. The van der Waals surface area contributed by atoms with Crippen molar-refractivity contribution in [1.82, 2.24) is 0 Å². The van der Waals surface area contributed by atoms with E-state index in [9.17, 15) is 0 Å². The maximum atomic E-state index is 6.17. The number of hydrogen-bond acceptors (Lipinski definition) is 2. The molecule has 0 spiro atoms. The highest BCUT2D eigenvalue weighted by atomic mass is 35.5. The van der Waals surface area contributed by atoms with Gasteiger partial charge in [0.2, 0.25) is 0 Å². The van der Waals surface area contributed by atoms with Crippen molar-refractivity contribution in [3.8, 4) is 0 Å². The van der Waals surface area contributed by atoms with Gasteiger partial charge in [-0.05, 0) is 62.2 Å². The van der Waals surface area contributed by atoms with Gasteiger partial charge in [-0.2, -0.15) is 0 Å². The molecule has 1 aliphatic rings. The summed E-state index contributed by atoms with van der Waals surface area (Å²) >= 11 is 12.1. The van der Waals surface area contributed by atoms with Crippen molar-refractivity contribution in [2.24, 2.45) is 4.99 Å². The van der Waals surface area contributed by atoms with Crippen molar-refractivity contribution in [1.29, 1.82) is 0 Å². The molecule has 0 N–H and O–H groups in total. The van der Waals surface area contributed by atoms with Gasteiger partial charge in [0.25, 0.3) is 0 Å². The zero-order valence-corrected chi connectivity index (χ0v) is 15.8. The Balaban J connectivity index is 1.95. The number of allylic oxidation sites excluding steroid dienone is 1. The smallest absolute Gasteiger partial charge is 0.0817 e. The van der Waals surface area contributed by atoms with Crippen LogP contribution in [0.15, 0.2) is 47.5 Å². The molecule has 1 aliphatic heterocycles. The van der Waals surface area contributed by atoms with Crippen molar-refractivity contribution >= 4 is 46.4 Å². The molecule has 3 rings (SSSR count). The first-order valence-corrected chi connectivity index (χ1v) is 8.60. The zero-order chi connectivity index (χ0) is 17.5. The van der Waals surface area contributed by atoms with Gasteiger partial charge < -0.3 is 4.90 Å². The highest BCUT2D eigenvalue weighted by Gasteiger charge is 2.28. The number of hydrogen-bond donors (Lipinski definition) is 0. The van der Waals surface area contributed by atoms with E-state index in [-0.39, 0.29) is 5.54 Å². The topological polar surface area (TPSA) is 15.6 Å². The van der Waals surface area contributed by atoms with Crippen LogP contribution in [0.25, 0.3) is 5.57 Å². The average molecular weight is 359 g/mol. The number of aliphatic imine (C=N–C) groups is 1. The van der Waals surface area contributed by atoms with Crippen LogP contribution in [0.1, 0.15) is 31.9 Å². The van der Waals surface area contributed by atoms with Crippen LogP contribution in [0.5, 0.6) is 0 Å². The van der Waals surface area contributed by atoms with E-state index in [1.807, 2.05) is 12.3 Å². The van der Waals surface area contributed by atoms with Crippen LogP contribution in [0, 0.1) is 0 Å². The monoisotopic (exact) mass is 358 g/mol. The van der Waals surface area contributed by atoms with Gasteiger partial charge in [0.1, 0.15) is 0 Å². The van der Waals surface area contributed by atoms with Crippen LogP contribution in [0.4, 0.5) is 11.4 Å². The van der Waals surface area contributed by atoms with Crippen molar-refractivity contribution in [2.45, 2.75) is 26.3 Å². The van der Waals surface area contributed by atoms with Gasteiger partial charge in [-0.1, -0.05) is 35.3 Å². The molecule has 0 bridgehead atoms. The third kappa shape index (κ3) is 3.22. The highest BCUT2D eigenvalue weighted by Crippen LogP contribution is 2.38.